The van der Waals surface area contributed by atoms with Crippen molar-refractivity contribution in [3.8, 4) is 5.75 Å². The van der Waals surface area contributed by atoms with Crippen LogP contribution in [0.5, 0.6) is 5.75 Å². The number of ether oxygens (including phenoxy) is 1. The van der Waals surface area contributed by atoms with Gasteiger partial charge in [0.15, 0.2) is 5.78 Å². The lowest BCUT2D eigenvalue weighted by Crippen LogP contribution is -2.14. The van der Waals surface area contributed by atoms with E-state index in [9.17, 15) is 9.90 Å². The highest BCUT2D eigenvalue weighted by Gasteiger charge is 2.04. The molecule has 0 saturated carbocycles. The van der Waals surface area contributed by atoms with Crippen molar-refractivity contribution < 1.29 is 19.7 Å². The van der Waals surface area contributed by atoms with Crippen LogP contribution in [0.4, 0.5) is 0 Å². The summed E-state index contributed by atoms with van der Waals surface area (Å²) in [5, 5.41) is 22.0. The van der Waals surface area contributed by atoms with E-state index < -0.39 is 0 Å². The van der Waals surface area contributed by atoms with E-state index in [-0.39, 0.29) is 18.1 Å². The van der Waals surface area contributed by atoms with Crippen molar-refractivity contribution in [2.75, 3.05) is 19.8 Å². The van der Waals surface area contributed by atoms with Crippen LogP contribution < -0.4 is 10.1 Å². The molecule has 3 N–H and O–H groups in total. The van der Waals surface area contributed by atoms with Gasteiger partial charge < -0.3 is 20.3 Å². The van der Waals surface area contributed by atoms with Crippen molar-refractivity contribution in [2.24, 2.45) is 0 Å². The molecule has 180 valence electrons. The summed E-state index contributed by atoms with van der Waals surface area (Å²) in [6.45, 7) is 5.43. The van der Waals surface area contributed by atoms with E-state index in [4.69, 9.17) is 9.84 Å². The molecule has 1 aromatic rings. The molecule has 32 heavy (non-hydrogen) atoms. The van der Waals surface area contributed by atoms with Gasteiger partial charge in [0.05, 0.1) is 6.61 Å². The highest BCUT2D eigenvalue weighted by molar-refractivity contribution is 6.03. The second kappa shape index (κ2) is 18.3. The number of allylic oxidation sites excluding steroid dienone is 3. The summed E-state index contributed by atoms with van der Waals surface area (Å²) in [7, 11) is 0. The molecule has 5 heteroatoms. The van der Waals surface area contributed by atoms with Crippen molar-refractivity contribution in [3.63, 3.8) is 0 Å². The number of rotatable bonds is 19. The van der Waals surface area contributed by atoms with Gasteiger partial charge in [0.1, 0.15) is 11.5 Å². The SMILES string of the molecule is CCCCCCCCCCCCOc1ccc(/C(O)=C/C(=O)/C=C(\C)NCCCO)cc1. The van der Waals surface area contributed by atoms with Crippen molar-refractivity contribution in [3.05, 3.63) is 47.7 Å². The number of carbonyl (C=O) groups is 1. The number of hydrogen-bond donors (Lipinski definition) is 3. The molecule has 0 atom stereocenters. The third kappa shape index (κ3) is 13.9. The molecule has 0 aromatic heterocycles. The van der Waals surface area contributed by atoms with Crippen LogP contribution in [0.1, 0.15) is 90.0 Å². The first kappa shape index (κ1) is 27.8. The number of benzene rings is 1. The Morgan fingerprint density at radius 2 is 1.50 bits per heavy atom. The van der Waals surface area contributed by atoms with Gasteiger partial charge in [-0.05, 0) is 44.0 Å². The lowest BCUT2D eigenvalue weighted by atomic mass is 10.1. The molecule has 5 nitrogen and oxygen atoms in total. The summed E-state index contributed by atoms with van der Waals surface area (Å²) in [4.78, 5) is 12.0. The van der Waals surface area contributed by atoms with Crippen LogP contribution in [0.25, 0.3) is 5.76 Å². The molecule has 0 amide bonds. The fraction of sp³-hybridized carbons (Fsp3) is 0.593. The predicted molar refractivity (Wildman–Crippen MR) is 133 cm³/mol. The first-order chi connectivity index (χ1) is 15.6. The Kier molecular flexibility index (Phi) is 15.9. The molecule has 0 saturated heterocycles. The van der Waals surface area contributed by atoms with Gasteiger partial charge in [-0.15, -0.1) is 0 Å². The molecular formula is C27H43NO4. The van der Waals surface area contributed by atoms with E-state index in [0.29, 0.717) is 30.8 Å². The topological polar surface area (TPSA) is 78.8 Å². The maximum atomic E-state index is 12.0. The Morgan fingerprint density at radius 3 is 2.09 bits per heavy atom. The second-order valence-electron chi connectivity index (χ2n) is 8.32. The molecule has 0 fully saturated rings. The van der Waals surface area contributed by atoms with E-state index in [1.807, 2.05) is 12.1 Å². The lowest BCUT2D eigenvalue weighted by Gasteiger charge is -2.07. The summed E-state index contributed by atoms with van der Waals surface area (Å²) in [6.07, 6.45) is 16.2. The van der Waals surface area contributed by atoms with Crippen molar-refractivity contribution in [2.45, 2.75) is 84.5 Å². The molecule has 0 aliphatic carbocycles. The van der Waals surface area contributed by atoms with Gasteiger partial charge >= 0.3 is 0 Å². The van der Waals surface area contributed by atoms with E-state index in [1.54, 1.807) is 19.1 Å². The lowest BCUT2D eigenvalue weighted by molar-refractivity contribution is -0.110. The van der Waals surface area contributed by atoms with Gasteiger partial charge in [-0.2, -0.15) is 0 Å². The molecule has 1 aromatic carbocycles. The zero-order valence-corrected chi connectivity index (χ0v) is 20.1. The molecule has 0 heterocycles. The zero-order valence-electron chi connectivity index (χ0n) is 20.1. The zero-order chi connectivity index (χ0) is 23.4. The van der Waals surface area contributed by atoms with Gasteiger partial charge in [-0.1, -0.05) is 64.7 Å². The number of hydrogen-bond acceptors (Lipinski definition) is 5. The Morgan fingerprint density at radius 1 is 0.906 bits per heavy atom. The summed E-state index contributed by atoms with van der Waals surface area (Å²) in [5.41, 5.74) is 1.27. The van der Waals surface area contributed by atoms with Gasteiger partial charge in [0.25, 0.3) is 0 Å². The van der Waals surface area contributed by atoms with Crippen LogP contribution >= 0.6 is 0 Å². The largest absolute Gasteiger partial charge is 0.507 e. The van der Waals surface area contributed by atoms with Crippen molar-refractivity contribution in [1.29, 1.82) is 0 Å². The smallest absolute Gasteiger partial charge is 0.184 e. The molecular weight excluding hydrogens is 402 g/mol. The Hall–Kier alpha value is -2.27. The second-order valence-corrected chi connectivity index (χ2v) is 8.32. The van der Waals surface area contributed by atoms with Crippen LogP contribution in [-0.2, 0) is 4.79 Å². The number of aliphatic hydroxyl groups excluding tert-OH is 2. The van der Waals surface area contributed by atoms with Crippen LogP contribution in [-0.4, -0.2) is 35.8 Å². The van der Waals surface area contributed by atoms with Crippen LogP contribution in [0.15, 0.2) is 42.1 Å². The van der Waals surface area contributed by atoms with E-state index in [2.05, 4.69) is 12.2 Å². The van der Waals surface area contributed by atoms with Gasteiger partial charge in [0, 0.05) is 36.6 Å². The number of unbranched alkanes of at least 4 members (excludes halogenated alkanes) is 9. The molecule has 1 rings (SSSR count). The molecule has 0 aliphatic heterocycles. The van der Waals surface area contributed by atoms with Gasteiger partial charge in [0.2, 0.25) is 0 Å². The van der Waals surface area contributed by atoms with Crippen LogP contribution in [0.2, 0.25) is 0 Å². The first-order valence-electron chi connectivity index (χ1n) is 12.3. The van der Waals surface area contributed by atoms with Crippen molar-refractivity contribution >= 4 is 11.5 Å². The number of nitrogens with one attached hydrogen (secondary N) is 1. The van der Waals surface area contributed by atoms with E-state index in [0.717, 1.165) is 12.2 Å². The highest BCUT2D eigenvalue weighted by Crippen LogP contribution is 2.18. The van der Waals surface area contributed by atoms with Crippen LogP contribution in [0.3, 0.4) is 0 Å². The average molecular weight is 446 g/mol. The molecule has 0 spiro atoms. The standard InChI is InChI=1S/C27H43NO4/c1-3-4-5-6-7-8-9-10-11-12-20-32-26-16-14-24(15-17-26)27(31)22-25(30)21-23(2)28-18-13-19-29/h14-17,21-22,28-29,31H,3-13,18-20H2,1-2H3/b23-21+,27-22-. The Bertz CT molecular complexity index is 679. The third-order valence-corrected chi connectivity index (χ3v) is 5.29. The minimum absolute atomic E-state index is 0.0735. The first-order valence-corrected chi connectivity index (χ1v) is 12.3. The maximum absolute atomic E-state index is 12.0. The van der Waals surface area contributed by atoms with Gasteiger partial charge in [-0.25, -0.2) is 0 Å². The molecule has 0 bridgehead atoms. The Balaban J connectivity index is 2.26. The minimum Gasteiger partial charge on any atom is -0.507 e. The molecule has 0 aliphatic rings. The molecule has 0 radical (unpaired) electrons. The summed E-state index contributed by atoms with van der Waals surface area (Å²) < 4.78 is 5.79. The quantitative estimate of drug-likeness (QED) is 0.132. The predicted octanol–water partition coefficient (Wildman–Crippen LogP) is 6.33. The minimum atomic E-state index is -0.294. The fourth-order valence-corrected chi connectivity index (χ4v) is 3.39. The molecule has 0 unspecified atom stereocenters. The third-order valence-electron chi connectivity index (χ3n) is 5.29. The number of ketones is 1. The van der Waals surface area contributed by atoms with E-state index >= 15 is 0 Å². The monoisotopic (exact) mass is 445 g/mol. The summed E-state index contributed by atoms with van der Waals surface area (Å²) in [6, 6.07) is 7.14. The summed E-state index contributed by atoms with van der Waals surface area (Å²) >= 11 is 0. The fourth-order valence-electron chi connectivity index (χ4n) is 3.39. The summed E-state index contributed by atoms with van der Waals surface area (Å²) in [5.74, 6) is 0.404. The Labute approximate surface area is 194 Å². The normalized spacial score (nSPS) is 12.1. The number of aliphatic hydroxyl groups is 2. The van der Waals surface area contributed by atoms with Crippen LogP contribution in [0, 0.1) is 0 Å². The number of carbonyl (C=O) groups excluding carboxylic acids is 1. The van der Waals surface area contributed by atoms with Crippen molar-refractivity contribution in [1.82, 2.24) is 5.32 Å². The average Bonchev–Trinajstić information content (AvgIpc) is 2.78. The highest BCUT2D eigenvalue weighted by atomic mass is 16.5. The van der Waals surface area contributed by atoms with Gasteiger partial charge in [-0.3, -0.25) is 4.79 Å². The van der Waals surface area contributed by atoms with E-state index in [1.165, 1.54) is 69.9 Å². The maximum Gasteiger partial charge on any atom is 0.184 e.